The molecular weight excluding hydrogens is 447 g/mol. The number of carbonyl (C=O) groups excluding carboxylic acids is 1. The number of benzene rings is 2. The Hall–Kier alpha value is -0.906. The summed E-state index contributed by atoms with van der Waals surface area (Å²) in [6.07, 6.45) is 0. The summed E-state index contributed by atoms with van der Waals surface area (Å²) < 4.78 is 50.4. The number of rotatable bonds is 5. The fraction of sp³-hybridized carbons (Fsp3) is 0.214. The zero-order valence-electron chi connectivity index (χ0n) is 13.1. The standard InChI is InChI=1S/C14H15NO7S2.Y/c1-8-2-10-4-9(7-24(20,21)22)5-12(16)14(10)11(3-8)15-13(17)6-23(18)19;/h2-5,16H,6-7H2,1H3,(H,15,17)(H,18,19)(H,20,21,22);. The Morgan fingerprint density at radius 1 is 1.24 bits per heavy atom. The van der Waals surface area contributed by atoms with Crippen LogP contribution in [0.15, 0.2) is 24.3 Å². The van der Waals surface area contributed by atoms with Gasteiger partial charge in [-0.2, -0.15) is 8.42 Å². The Morgan fingerprint density at radius 3 is 2.44 bits per heavy atom. The molecule has 1 amide bonds. The Bertz CT molecular complexity index is 944. The molecular formula is C14H15NO7S2Y. The van der Waals surface area contributed by atoms with Crippen molar-refractivity contribution in [3.05, 3.63) is 35.4 Å². The third kappa shape index (κ3) is 6.39. The van der Waals surface area contributed by atoms with Gasteiger partial charge in [-0.05, 0) is 41.6 Å². The van der Waals surface area contributed by atoms with Crippen molar-refractivity contribution in [1.29, 1.82) is 0 Å². The molecule has 25 heavy (non-hydrogen) atoms. The fourth-order valence-corrected chi connectivity index (χ4v) is 3.28. The monoisotopic (exact) mass is 462 g/mol. The van der Waals surface area contributed by atoms with Crippen LogP contribution in [0.2, 0.25) is 0 Å². The quantitative estimate of drug-likeness (QED) is 0.389. The van der Waals surface area contributed by atoms with E-state index in [1.165, 1.54) is 12.1 Å². The summed E-state index contributed by atoms with van der Waals surface area (Å²) in [6, 6.07) is 5.88. The predicted octanol–water partition coefficient (Wildman–Crippen LogP) is 1.40. The van der Waals surface area contributed by atoms with E-state index in [2.05, 4.69) is 5.32 Å². The van der Waals surface area contributed by atoms with Gasteiger partial charge in [0.1, 0.15) is 17.3 Å². The van der Waals surface area contributed by atoms with E-state index in [1.807, 2.05) is 0 Å². The number of hydrogen-bond acceptors (Lipinski definition) is 5. The van der Waals surface area contributed by atoms with Crippen molar-refractivity contribution in [2.24, 2.45) is 0 Å². The van der Waals surface area contributed by atoms with Gasteiger partial charge < -0.3 is 15.0 Å². The molecule has 0 saturated heterocycles. The van der Waals surface area contributed by atoms with E-state index in [0.717, 1.165) is 0 Å². The van der Waals surface area contributed by atoms with Gasteiger partial charge in [-0.3, -0.25) is 9.35 Å². The first-order valence-corrected chi connectivity index (χ1v) is 9.52. The second kappa shape index (κ2) is 8.65. The van der Waals surface area contributed by atoms with Crippen LogP contribution in [0.5, 0.6) is 5.75 Å². The van der Waals surface area contributed by atoms with Crippen LogP contribution in [0.1, 0.15) is 11.1 Å². The molecule has 8 nitrogen and oxygen atoms in total. The minimum absolute atomic E-state index is 0. The van der Waals surface area contributed by atoms with Gasteiger partial charge in [0.15, 0.2) is 11.1 Å². The largest absolute Gasteiger partial charge is 0.507 e. The van der Waals surface area contributed by atoms with E-state index in [9.17, 15) is 22.5 Å². The van der Waals surface area contributed by atoms with Crippen LogP contribution in [0.3, 0.4) is 0 Å². The number of anilines is 1. The van der Waals surface area contributed by atoms with Gasteiger partial charge in [0.2, 0.25) is 5.91 Å². The Morgan fingerprint density at radius 2 is 1.88 bits per heavy atom. The maximum Gasteiger partial charge on any atom is 0.269 e. The number of hydrogen-bond donors (Lipinski definition) is 4. The first-order valence-electron chi connectivity index (χ1n) is 6.64. The van der Waals surface area contributed by atoms with Crippen molar-refractivity contribution in [2.75, 3.05) is 11.1 Å². The van der Waals surface area contributed by atoms with Crippen LogP contribution in [0.4, 0.5) is 5.69 Å². The van der Waals surface area contributed by atoms with Crippen molar-refractivity contribution >= 4 is 43.6 Å². The maximum absolute atomic E-state index is 11.7. The molecule has 1 radical (unpaired) electrons. The van der Waals surface area contributed by atoms with Crippen molar-refractivity contribution in [1.82, 2.24) is 0 Å². The molecule has 0 spiro atoms. The summed E-state index contributed by atoms with van der Waals surface area (Å²) in [7, 11) is -4.26. The van der Waals surface area contributed by atoms with Crippen LogP contribution in [-0.4, -0.2) is 38.5 Å². The average molecular weight is 462 g/mol. The molecule has 2 rings (SSSR count). The Kier molecular flexibility index (Phi) is 7.66. The van der Waals surface area contributed by atoms with Gasteiger partial charge in [-0.25, -0.2) is 4.21 Å². The first-order chi connectivity index (χ1) is 11.0. The summed E-state index contributed by atoms with van der Waals surface area (Å²) in [5, 5.41) is 13.3. The third-order valence-corrected chi connectivity index (χ3v) is 4.32. The number of fused-ring (bicyclic) bond motifs is 1. The van der Waals surface area contributed by atoms with Gasteiger partial charge in [0.25, 0.3) is 10.1 Å². The molecule has 0 aliphatic rings. The Labute approximate surface area is 171 Å². The van der Waals surface area contributed by atoms with Gasteiger partial charge in [-0.15, -0.1) is 0 Å². The van der Waals surface area contributed by atoms with Crippen molar-refractivity contribution < 1.29 is 64.3 Å². The van der Waals surface area contributed by atoms with Crippen LogP contribution in [0, 0.1) is 6.92 Å². The molecule has 11 heteroatoms. The molecule has 2 aromatic carbocycles. The summed E-state index contributed by atoms with van der Waals surface area (Å²) in [5.41, 5.74) is 1.13. The van der Waals surface area contributed by atoms with E-state index in [0.29, 0.717) is 10.9 Å². The summed E-state index contributed by atoms with van der Waals surface area (Å²) in [4.78, 5) is 11.7. The topological polar surface area (TPSA) is 141 Å². The number of aryl methyl sites for hydroxylation is 1. The van der Waals surface area contributed by atoms with E-state index < -0.39 is 38.6 Å². The molecule has 1 unspecified atom stereocenters. The Balaban J connectivity index is 0.00000312. The summed E-state index contributed by atoms with van der Waals surface area (Å²) in [5.74, 6) is -2.26. The number of amides is 1. The number of carbonyl (C=O) groups is 1. The second-order valence-corrected chi connectivity index (χ2v) is 7.65. The molecule has 1 atom stereocenters. The number of nitrogens with one attached hydrogen (secondary N) is 1. The van der Waals surface area contributed by atoms with E-state index in [4.69, 9.17) is 9.11 Å². The minimum Gasteiger partial charge on any atom is -0.507 e. The van der Waals surface area contributed by atoms with Gasteiger partial charge >= 0.3 is 0 Å². The number of phenolic OH excluding ortho intramolecular Hbond substituents is 1. The van der Waals surface area contributed by atoms with Crippen molar-refractivity contribution in [3.8, 4) is 5.75 Å². The molecule has 0 aliphatic carbocycles. The zero-order valence-corrected chi connectivity index (χ0v) is 17.6. The van der Waals surface area contributed by atoms with Crippen LogP contribution >= 0.6 is 0 Å². The van der Waals surface area contributed by atoms with Gasteiger partial charge in [-0.1, -0.05) is 6.07 Å². The van der Waals surface area contributed by atoms with Crippen molar-refractivity contribution in [2.45, 2.75) is 12.7 Å². The SMILES string of the molecule is Cc1cc(NC(=O)CS(=O)O)c2c(O)cc(CS(=O)(=O)O)cc2c1.[Y]. The summed E-state index contributed by atoms with van der Waals surface area (Å²) in [6.45, 7) is 1.73. The normalized spacial score (nSPS) is 12.4. The molecule has 0 aliphatic heterocycles. The van der Waals surface area contributed by atoms with Gasteiger partial charge in [0.05, 0.1) is 5.69 Å². The van der Waals surface area contributed by atoms with E-state index in [-0.39, 0.29) is 55.1 Å². The van der Waals surface area contributed by atoms with E-state index in [1.54, 1.807) is 19.1 Å². The summed E-state index contributed by atoms with van der Waals surface area (Å²) >= 11 is -2.30. The van der Waals surface area contributed by atoms with E-state index >= 15 is 0 Å². The fourth-order valence-electron chi connectivity index (χ4n) is 2.39. The zero-order chi connectivity index (χ0) is 18.1. The number of aromatic hydroxyl groups is 1. The first kappa shape index (κ1) is 22.1. The third-order valence-electron chi connectivity index (χ3n) is 3.11. The van der Waals surface area contributed by atoms with Crippen LogP contribution in [0.25, 0.3) is 10.8 Å². The molecule has 2 aromatic rings. The van der Waals surface area contributed by atoms with Crippen LogP contribution in [-0.2, 0) is 64.5 Å². The molecule has 4 N–H and O–H groups in total. The molecule has 133 valence electrons. The molecule has 0 heterocycles. The minimum atomic E-state index is -4.26. The van der Waals surface area contributed by atoms with Crippen LogP contribution < -0.4 is 5.32 Å². The average Bonchev–Trinajstić information content (AvgIpc) is 2.33. The smallest absolute Gasteiger partial charge is 0.269 e. The van der Waals surface area contributed by atoms with Crippen molar-refractivity contribution in [3.63, 3.8) is 0 Å². The van der Waals surface area contributed by atoms with Gasteiger partial charge in [0, 0.05) is 38.1 Å². The molecule has 0 aromatic heterocycles. The number of phenols is 1. The second-order valence-electron chi connectivity index (χ2n) is 5.27. The molecule has 0 fully saturated rings. The predicted molar refractivity (Wildman–Crippen MR) is 89.9 cm³/mol. The molecule has 0 saturated carbocycles. The maximum atomic E-state index is 11.7. The molecule has 0 bridgehead atoms.